The number of nitrogens with zero attached hydrogens (tertiary/aromatic N) is 3. The van der Waals surface area contributed by atoms with Crippen LogP contribution in [0.3, 0.4) is 0 Å². The number of nitrogens with two attached hydrogens (primary N) is 1. The van der Waals surface area contributed by atoms with Gasteiger partial charge in [-0.25, -0.2) is 4.98 Å². The Hall–Kier alpha value is -2.57. The molecule has 0 spiro atoms. The van der Waals surface area contributed by atoms with Crippen LogP contribution in [0.2, 0.25) is 0 Å². The van der Waals surface area contributed by atoms with E-state index in [1.54, 1.807) is 18.3 Å². The zero-order valence-electron chi connectivity index (χ0n) is 13.2. The summed E-state index contributed by atoms with van der Waals surface area (Å²) in [6, 6.07) is 5.70. The fourth-order valence-electron chi connectivity index (χ4n) is 2.79. The number of nitrogens with one attached hydrogen (secondary N) is 1. The third-order valence-corrected chi connectivity index (χ3v) is 4.01. The van der Waals surface area contributed by atoms with Crippen LogP contribution < -0.4 is 11.1 Å². The molecular formula is C16H21N5O2. The van der Waals surface area contributed by atoms with E-state index in [2.05, 4.69) is 15.5 Å². The molecule has 0 bridgehead atoms. The SMILES string of the molecule is Cc1cc(C(=O)N2CCC[C@@H](Nc3ccc(N)nc3)CC2)on1. The highest BCUT2D eigenvalue weighted by molar-refractivity contribution is 5.91. The molecule has 1 aliphatic heterocycles. The second-order valence-corrected chi connectivity index (χ2v) is 5.87. The average Bonchev–Trinajstić information content (AvgIpc) is 2.84. The monoisotopic (exact) mass is 315 g/mol. The van der Waals surface area contributed by atoms with Crippen molar-refractivity contribution in [2.75, 3.05) is 24.1 Å². The molecule has 0 saturated carbocycles. The van der Waals surface area contributed by atoms with Crippen molar-refractivity contribution >= 4 is 17.4 Å². The first kappa shape index (κ1) is 15.3. The number of likely N-dealkylation sites (tertiary alicyclic amines) is 1. The summed E-state index contributed by atoms with van der Waals surface area (Å²) in [5, 5.41) is 7.24. The van der Waals surface area contributed by atoms with Gasteiger partial charge in [-0.1, -0.05) is 5.16 Å². The van der Waals surface area contributed by atoms with Crippen molar-refractivity contribution in [3.05, 3.63) is 35.9 Å². The molecule has 3 rings (SSSR count). The van der Waals surface area contributed by atoms with Crippen LogP contribution in [0.25, 0.3) is 0 Å². The molecule has 1 saturated heterocycles. The number of carbonyl (C=O) groups excluding carboxylic acids is 1. The minimum absolute atomic E-state index is 0.0830. The Bertz CT molecular complexity index is 667. The number of rotatable bonds is 3. The van der Waals surface area contributed by atoms with E-state index in [4.69, 9.17) is 10.3 Å². The van der Waals surface area contributed by atoms with E-state index in [-0.39, 0.29) is 5.91 Å². The lowest BCUT2D eigenvalue weighted by Crippen LogP contribution is -2.32. The molecular weight excluding hydrogens is 294 g/mol. The van der Waals surface area contributed by atoms with Crippen LogP contribution in [-0.4, -0.2) is 40.1 Å². The summed E-state index contributed by atoms with van der Waals surface area (Å²) in [6.45, 7) is 3.23. The zero-order valence-corrected chi connectivity index (χ0v) is 13.2. The van der Waals surface area contributed by atoms with Gasteiger partial charge in [0.15, 0.2) is 0 Å². The van der Waals surface area contributed by atoms with Crippen LogP contribution in [0.15, 0.2) is 28.9 Å². The standard InChI is InChI=1S/C16H21N5O2/c1-11-9-14(23-20-11)16(22)21-7-2-3-12(6-8-21)19-13-4-5-15(17)18-10-13/h4-5,9-10,12,19H,2-3,6-8H2,1H3,(H2,17,18)/t12-/m1/s1. The van der Waals surface area contributed by atoms with E-state index in [0.717, 1.165) is 37.2 Å². The second kappa shape index (κ2) is 6.68. The van der Waals surface area contributed by atoms with Gasteiger partial charge in [-0.15, -0.1) is 0 Å². The number of nitrogen functional groups attached to an aromatic ring is 1. The Morgan fingerprint density at radius 3 is 2.96 bits per heavy atom. The number of pyridine rings is 1. The lowest BCUT2D eigenvalue weighted by atomic mass is 10.1. The number of aryl methyl sites for hydroxylation is 1. The van der Waals surface area contributed by atoms with Gasteiger partial charge < -0.3 is 20.5 Å². The summed E-state index contributed by atoms with van der Waals surface area (Å²) in [6.07, 6.45) is 4.56. The Labute approximate surface area is 134 Å². The molecule has 1 fully saturated rings. The largest absolute Gasteiger partial charge is 0.384 e. The predicted molar refractivity (Wildman–Crippen MR) is 87.1 cm³/mol. The molecule has 0 radical (unpaired) electrons. The summed E-state index contributed by atoms with van der Waals surface area (Å²) in [5.74, 6) is 0.743. The third-order valence-electron chi connectivity index (χ3n) is 4.01. The summed E-state index contributed by atoms with van der Waals surface area (Å²) in [5.41, 5.74) is 7.27. The zero-order chi connectivity index (χ0) is 16.2. The van der Waals surface area contributed by atoms with Gasteiger partial charge in [0, 0.05) is 25.2 Å². The molecule has 2 aromatic rings. The van der Waals surface area contributed by atoms with Crippen molar-refractivity contribution in [2.24, 2.45) is 0 Å². The van der Waals surface area contributed by atoms with Crippen LogP contribution >= 0.6 is 0 Å². The number of amides is 1. The van der Waals surface area contributed by atoms with Crippen molar-refractivity contribution in [3.8, 4) is 0 Å². The fourth-order valence-corrected chi connectivity index (χ4v) is 2.79. The van der Waals surface area contributed by atoms with Crippen molar-refractivity contribution in [1.29, 1.82) is 0 Å². The molecule has 23 heavy (non-hydrogen) atoms. The van der Waals surface area contributed by atoms with Crippen LogP contribution in [0.4, 0.5) is 11.5 Å². The minimum atomic E-state index is -0.0830. The fraction of sp³-hybridized carbons (Fsp3) is 0.438. The summed E-state index contributed by atoms with van der Waals surface area (Å²) in [4.78, 5) is 18.3. The third kappa shape index (κ3) is 3.80. The van der Waals surface area contributed by atoms with E-state index in [0.29, 0.717) is 24.2 Å². The number of hydrogen-bond acceptors (Lipinski definition) is 6. The number of hydrogen-bond donors (Lipinski definition) is 2. The van der Waals surface area contributed by atoms with Gasteiger partial charge in [-0.3, -0.25) is 4.79 Å². The summed E-state index contributed by atoms with van der Waals surface area (Å²) >= 11 is 0. The topological polar surface area (TPSA) is 97.3 Å². The van der Waals surface area contributed by atoms with Gasteiger partial charge in [0.05, 0.1) is 17.6 Å². The van der Waals surface area contributed by atoms with Crippen LogP contribution in [-0.2, 0) is 0 Å². The minimum Gasteiger partial charge on any atom is -0.384 e. The average molecular weight is 315 g/mol. The molecule has 2 aromatic heterocycles. The Kier molecular flexibility index (Phi) is 4.45. The maximum Gasteiger partial charge on any atom is 0.292 e. The van der Waals surface area contributed by atoms with Crippen molar-refractivity contribution in [2.45, 2.75) is 32.2 Å². The smallest absolute Gasteiger partial charge is 0.292 e. The highest BCUT2D eigenvalue weighted by atomic mass is 16.5. The molecule has 7 heteroatoms. The number of anilines is 2. The Balaban J connectivity index is 1.58. The molecule has 0 aromatic carbocycles. The molecule has 1 atom stereocenters. The summed E-state index contributed by atoms with van der Waals surface area (Å²) < 4.78 is 5.08. The van der Waals surface area contributed by atoms with Gasteiger partial charge in [-0.05, 0) is 38.3 Å². The van der Waals surface area contributed by atoms with Crippen molar-refractivity contribution in [3.63, 3.8) is 0 Å². The molecule has 0 aliphatic carbocycles. The normalized spacial score (nSPS) is 18.5. The second-order valence-electron chi connectivity index (χ2n) is 5.87. The highest BCUT2D eigenvalue weighted by Gasteiger charge is 2.24. The number of aromatic nitrogens is 2. The first-order chi connectivity index (χ1) is 11.1. The van der Waals surface area contributed by atoms with E-state index in [1.165, 1.54) is 0 Å². The van der Waals surface area contributed by atoms with E-state index >= 15 is 0 Å². The molecule has 7 nitrogen and oxygen atoms in total. The van der Waals surface area contributed by atoms with Crippen LogP contribution in [0.1, 0.15) is 35.5 Å². The first-order valence-electron chi connectivity index (χ1n) is 7.82. The lowest BCUT2D eigenvalue weighted by Gasteiger charge is -2.20. The lowest BCUT2D eigenvalue weighted by molar-refractivity contribution is 0.0719. The van der Waals surface area contributed by atoms with E-state index < -0.39 is 0 Å². The molecule has 1 aliphatic rings. The highest BCUT2D eigenvalue weighted by Crippen LogP contribution is 2.18. The maximum atomic E-state index is 12.4. The van der Waals surface area contributed by atoms with Crippen LogP contribution in [0, 0.1) is 6.92 Å². The van der Waals surface area contributed by atoms with Gasteiger partial charge >= 0.3 is 0 Å². The molecule has 0 unspecified atom stereocenters. The van der Waals surface area contributed by atoms with Gasteiger partial charge in [0.2, 0.25) is 5.76 Å². The van der Waals surface area contributed by atoms with Gasteiger partial charge in [0.25, 0.3) is 5.91 Å². The van der Waals surface area contributed by atoms with E-state index in [9.17, 15) is 4.79 Å². The predicted octanol–water partition coefficient (Wildman–Crippen LogP) is 2.07. The summed E-state index contributed by atoms with van der Waals surface area (Å²) in [7, 11) is 0. The van der Waals surface area contributed by atoms with Crippen LogP contribution in [0.5, 0.6) is 0 Å². The van der Waals surface area contributed by atoms with E-state index in [1.807, 2.05) is 17.9 Å². The maximum absolute atomic E-state index is 12.4. The van der Waals surface area contributed by atoms with Gasteiger partial charge in [-0.2, -0.15) is 0 Å². The molecule has 122 valence electrons. The Morgan fingerprint density at radius 1 is 1.39 bits per heavy atom. The van der Waals surface area contributed by atoms with Gasteiger partial charge in [0.1, 0.15) is 5.82 Å². The van der Waals surface area contributed by atoms with Crippen molar-refractivity contribution < 1.29 is 9.32 Å². The quantitative estimate of drug-likeness (QED) is 0.900. The van der Waals surface area contributed by atoms with Crippen molar-refractivity contribution in [1.82, 2.24) is 15.0 Å². The molecule has 3 heterocycles. The first-order valence-corrected chi connectivity index (χ1v) is 7.82. The molecule has 1 amide bonds. The molecule has 3 N–H and O–H groups in total. The number of carbonyl (C=O) groups is 1. The Morgan fingerprint density at radius 2 is 2.26 bits per heavy atom.